The van der Waals surface area contributed by atoms with Gasteiger partial charge >= 0.3 is 0 Å². The molecule has 1 amide bonds. The van der Waals surface area contributed by atoms with Crippen LogP contribution in [-0.2, 0) is 20.6 Å². The van der Waals surface area contributed by atoms with Crippen molar-refractivity contribution in [1.82, 2.24) is 9.62 Å². The highest BCUT2D eigenvalue weighted by Gasteiger charge is 2.53. The molecule has 0 aromatic heterocycles. The predicted octanol–water partition coefficient (Wildman–Crippen LogP) is 2.14. The van der Waals surface area contributed by atoms with Crippen LogP contribution in [0.25, 0.3) is 0 Å². The number of likely N-dealkylation sites (tertiary alicyclic amines) is 1. The number of carbonyl (C=O) groups excluding carboxylic acids is 1. The number of sulfonamides is 1. The lowest BCUT2D eigenvalue weighted by atomic mass is 9.89. The van der Waals surface area contributed by atoms with Crippen LogP contribution in [0.4, 0.5) is 0 Å². The Bertz CT molecular complexity index is 745. The Morgan fingerprint density at radius 3 is 2.60 bits per heavy atom. The molecule has 5 nitrogen and oxygen atoms in total. The van der Waals surface area contributed by atoms with E-state index in [-0.39, 0.29) is 17.6 Å². The number of rotatable bonds is 6. The Morgan fingerprint density at radius 1 is 1.20 bits per heavy atom. The standard InChI is InChI=1S/C19H26N2O3S/c1-13-9-18-16(10-19(22)21(18)15-7-8-15)17(13)11-20-25(23,24)12-14-5-3-2-4-6-14/h2-6,13,15-18,20H,7-12H2,1H3/t13-,16-,17+,18+/m0/s1. The number of fused-ring (bicyclic) bond motifs is 1. The lowest BCUT2D eigenvalue weighted by Gasteiger charge is -2.24. The molecule has 0 spiro atoms. The molecule has 1 N–H and O–H groups in total. The minimum Gasteiger partial charge on any atom is -0.336 e. The number of carbonyl (C=O) groups is 1. The van der Waals surface area contributed by atoms with Crippen LogP contribution in [0.15, 0.2) is 30.3 Å². The van der Waals surface area contributed by atoms with E-state index in [1.54, 1.807) is 0 Å². The molecule has 4 atom stereocenters. The molecule has 0 bridgehead atoms. The summed E-state index contributed by atoms with van der Waals surface area (Å²) in [6, 6.07) is 10.0. The highest BCUT2D eigenvalue weighted by molar-refractivity contribution is 7.88. The van der Waals surface area contributed by atoms with Crippen LogP contribution in [-0.4, -0.2) is 37.9 Å². The first kappa shape index (κ1) is 17.0. The van der Waals surface area contributed by atoms with Crippen LogP contribution in [0.5, 0.6) is 0 Å². The number of nitrogens with one attached hydrogen (secondary N) is 1. The summed E-state index contributed by atoms with van der Waals surface area (Å²) in [4.78, 5) is 14.5. The summed E-state index contributed by atoms with van der Waals surface area (Å²) in [5, 5.41) is 0. The zero-order valence-corrected chi connectivity index (χ0v) is 15.4. The summed E-state index contributed by atoms with van der Waals surface area (Å²) in [6.07, 6.45) is 3.88. The van der Waals surface area contributed by atoms with Gasteiger partial charge in [0.25, 0.3) is 0 Å². The SMILES string of the molecule is C[C@H]1C[C@@H]2[C@@H](CC(=O)N2C2CC2)[C@@H]1CNS(=O)(=O)Cc1ccccc1. The third kappa shape index (κ3) is 3.47. The van der Waals surface area contributed by atoms with Crippen LogP contribution in [0, 0.1) is 17.8 Å². The molecule has 136 valence electrons. The van der Waals surface area contributed by atoms with Crippen LogP contribution in [0.1, 0.15) is 38.2 Å². The van der Waals surface area contributed by atoms with E-state index in [2.05, 4.69) is 16.5 Å². The molecule has 2 saturated carbocycles. The lowest BCUT2D eigenvalue weighted by molar-refractivity contribution is -0.129. The van der Waals surface area contributed by atoms with Crippen molar-refractivity contribution >= 4 is 15.9 Å². The summed E-state index contributed by atoms with van der Waals surface area (Å²) in [5.74, 6) is 1.30. The second-order valence-corrected chi connectivity index (χ2v) is 9.74. The first-order valence-corrected chi connectivity index (χ1v) is 10.9. The molecule has 3 aliphatic rings. The van der Waals surface area contributed by atoms with Crippen molar-refractivity contribution in [3.8, 4) is 0 Å². The Hall–Kier alpha value is -1.40. The highest BCUT2D eigenvalue weighted by atomic mass is 32.2. The Balaban J connectivity index is 1.40. The topological polar surface area (TPSA) is 66.5 Å². The van der Waals surface area contributed by atoms with Crippen molar-refractivity contribution in [3.05, 3.63) is 35.9 Å². The average molecular weight is 362 g/mol. The fraction of sp³-hybridized carbons (Fsp3) is 0.632. The van der Waals surface area contributed by atoms with E-state index in [1.807, 2.05) is 30.3 Å². The van der Waals surface area contributed by atoms with Gasteiger partial charge in [0.1, 0.15) is 0 Å². The van der Waals surface area contributed by atoms with Gasteiger partial charge in [-0.1, -0.05) is 37.3 Å². The normalized spacial score (nSPS) is 32.2. The Morgan fingerprint density at radius 2 is 1.92 bits per heavy atom. The van der Waals surface area contributed by atoms with Gasteiger partial charge in [-0.05, 0) is 42.6 Å². The van der Waals surface area contributed by atoms with E-state index in [4.69, 9.17) is 0 Å². The quantitative estimate of drug-likeness (QED) is 0.843. The second-order valence-electron chi connectivity index (χ2n) is 7.94. The molecule has 1 aromatic rings. The number of benzene rings is 1. The van der Waals surface area contributed by atoms with Gasteiger partial charge in [-0.3, -0.25) is 4.79 Å². The molecule has 1 aromatic carbocycles. The largest absolute Gasteiger partial charge is 0.336 e. The zero-order valence-electron chi connectivity index (χ0n) is 14.6. The third-order valence-electron chi connectivity index (χ3n) is 6.12. The van der Waals surface area contributed by atoms with E-state index >= 15 is 0 Å². The molecule has 2 aliphatic carbocycles. The van der Waals surface area contributed by atoms with Crippen molar-refractivity contribution in [3.63, 3.8) is 0 Å². The summed E-state index contributed by atoms with van der Waals surface area (Å²) in [5.41, 5.74) is 0.795. The second kappa shape index (κ2) is 6.40. The summed E-state index contributed by atoms with van der Waals surface area (Å²) < 4.78 is 27.6. The molecule has 1 heterocycles. The van der Waals surface area contributed by atoms with E-state index in [0.717, 1.165) is 24.8 Å². The van der Waals surface area contributed by atoms with E-state index in [0.29, 0.717) is 36.9 Å². The van der Waals surface area contributed by atoms with Crippen molar-refractivity contribution in [2.45, 2.75) is 50.4 Å². The molecule has 6 heteroatoms. The molecular formula is C19H26N2O3S. The molecule has 0 radical (unpaired) electrons. The van der Waals surface area contributed by atoms with Gasteiger partial charge in [-0.2, -0.15) is 0 Å². The van der Waals surface area contributed by atoms with Gasteiger partial charge in [-0.25, -0.2) is 13.1 Å². The Kier molecular flexibility index (Phi) is 4.36. The highest BCUT2D eigenvalue weighted by Crippen LogP contribution is 2.49. The van der Waals surface area contributed by atoms with E-state index in [1.165, 1.54) is 0 Å². The zero-order chi connectivity index (χ0) is 17.6. The maximum absolute atomic E-state index is 12.4. The number of hydrogen-bond donors (Lipinski definition) is 1. The fourth-order valence-electron chi connectivity index (χ4n) is 4.78. The van der Waals surface area contributed by atoms with Crippen molar-refractivity contribution in [2.75, 3.05) is 6.54 Å². The van der Waals surface area contributed by atoms with Gasteiger partial charge in [0, 0.05) is 25.0 Å². The maximum Gasteiger partial charge on any atom is 0.223 e. The third-order valence-corrected chi connectivity index (χ3v) is 7.44. The first-order chi connectivity index (χ1) is 11.9. The molecule has 0 unspecified atom stereocenters. The van der Waals surface area contributed by atoms with Crippen molar-refractivity contribution < 1.29 is 13.2 Å². The van der Waals surface area contributed by atoms with Gasteiger partial charge < -0.3 is 4.90 Å². The molecule has 4 rings (SSSR count). The van der Waals surface area contributed by atoms with Crippen LogP contribution in [0.3, 0.4) is 0 Å². The molecule has 25 heavy (non-hydrogen) atoms. The van der Waals surface area contributed by atoms with Gasteiger partial charge in [-0.15, -0.1) is 0 Å². The van der Waals surface area contributed by atoms with Crippen molar-refractivity contribution in [2.24, 2.45) is 17.8 Å². The maximum atomic E-state index is 12.4. The molecule has 1 saturated heterocycles. The van der Waals surface area contributed by atoms with E-state index in [9.17, 15) is 13.2 Å². The molecular weight excluding hydrogens is 336 g/mol. The molecule has 1 aliphatic heterocycles. The smallest absolute Gasteiger partial charge is 0.223 e. The fourth-order valence-corrected chi connectivity index (χ4v) is 5.96. The van der Waals surface area contributed by atoms with Crippen LogP contribution in [0.2, 0.25) is 0 Å². The van der Waals surface area contributed by atoms with Crippen LogP contribution >= 0.6 is 0 Å². The summed E-state index contributed by atoms with van der Waals surface area (Å²) in [6.45, 7) is 2.65. The summed E-state index contributed by atoms with van der Waals surface area (Å²) >= 11 is 0. The van der Waals surface area contributed by atoms with Gasteiger partial charge in [0.2, 0.25) is 15.9 Å². The number of amides is 1. The van der Waals surface area contributed by atoms with Gasteiger partial charge in [0.05, 0.1) is 5.75 Å². The van der Waals surface area contributed by atoms with Gasteiger partial charge in [0.15, 0.2) is 0 Å². The van der Waals surface area contributed by atoms with Crippen LogP contribution < -0.4 is 4.72 Å². The van der Waals surface area contributed by atoms with E-state index < -0.39 is 10.0 Å². The number of hydrogen-bond acceptors (Lipinski definition) is 3. The monoisotopic (exact) mass is 362 g/mol. The average Bonchev–Trinajstić information content (AvgIpc) is 3.27. The summed E-state index contributed by atoms with van der Waals surface area (Å²) in [7, 11) is -3.35. The van der Waals surface area contributed by atoms with Crippen molar-refractivity contribution in [1.29, 1.82) is 0 Å². The lowest BCUT2D eigenvalue weighted by Crippen LogP contribution is -2.36. The minimum absolute atomic E-state index is 0.0101. The number of nitrogens with zero attached hydrogens (tertiary/aromatic N) is 1. The first-order valence-electron chi connectivity index (χ1n) is 9.27. The predicted molar refractivity (Wildman–Crippen MR) is 96.1 cm³/mol. The minimum atomic E-state index is -3.35. The Labute approximate surface area is 149 Å². The molecule has 3 fully saturated rings.